The van der Waals surface area contributed by atoms with E-state index >= 15 is 0 Å². The first-order valence-corrected chi connectivity index (χ1v) is 8.66. The Labute approximate surface area is 158 Å². The number of fused-ring (bicyclic) bond motifs is 1. The summed E-state index contributed by atoms with van der Waals surface area (Å²) in [7, 11) is 0. The summed E-state index contributed by atoms with van der Waals surface area (Å²) in [5.74, 6) is -1.03. The largest absolute Gasteiger partial charge is 0.480 e. The molecule has 0 bridgehead atoms. The summed E-state index contributed by atoms with van der Waals surface area (Å²) in [4.78, 5) is 29.0. The van der Waals surface area contributed by atoms with Crippen molar-refractivity contribution in [3.63, 3.8) is 0 Å². The number of carboxylic acid groups (broad SMARTS) is 1. The third-order valence-corrected chi connectivity index (χ3v) is 5.27. The normalized spacial score (nSPS) is 21.2. The smallest absolute Gasteiger partial charge is 0.327 e. The lowest BCUT2D eigenvalue weighted by Gasteiger charge is -2.14. The molecular weight excluding hydrogens is 372 g/mol. The Kier molecular flexibility index (Phi) is 4.03. The van der Waals surface area contributed by atoms with Crippen molar-refractivity contribution in [1.82, 2.24) is 29.8 Å². The average molecular weight is 387 g/mol. The fraction of sp³-hybridized carbons (Fsp3) is 0.294. The van der Waals surface area contributed by atoms with Gasteiger partial charge in [-0.1, -0.05) is 25.4 Å². The first-order valence-electron chi connectivity index (χ1n) is 8.28. The molecule has 0 fully saturated rings. The molecule has 0 amide bonds. The molecule has 3 atom stereocenters. The van der Waals surface area contributed by atoms with E-state index in [2.05, 4.69) is 20.5 Å². The highest BCUT2D eigenvalue weighted by Crippen LogP contribution is 2.40. The minimum absolute atomic E-state index is 0.186. The Morgan fingerprint density at radius 2 is 2.04 bits per heavy atom. The highest BCUT2D eigenvalue weighted by molar-refractivity contribution is 6.31. The van der Waals surface area contributed by atoms with Crippen LogP contribution in [0.25, 0.3) is 16.9 Å². The number of tetrazole rings is 1. The lowest BCUT2D eigenvalue weighted by molar-refractivity contribution is -0.142. The third kappa shape index (κ3) is 2.71. The van der Waals surface area contributed by atoms with Crippen molar-refractivity contribution in [2.75, 3.05) is 0 Å². The SMILES string of the molecule is C[C@@H]1[C@@H](C(=O)O)n2c(nc(-c3cc(Cl)ccc3-n3cnnn3)cc2=O)[C@@H]1C. The number of carbonyl (C=O) groups is 1. The molecule has 10 heteroatoms. The van der Waals surface area contributed by atoms with E-state index < -0.39 is 17.6 Å². The van der Waals surface area contributed by atoms with Gasteiger partial charge in [0.05, 0.1) is 11.4 Å². The van der Waals surface area contributed by atoms with Crippen molar-refractivity contribution < 1.29 is 9.90 Å². The van der Waals surface area contributed by atoms with Crippen molar-refractivity contribution in [2.24, 2.45) is 5.92 Å². The predicted molar refractivity (Wildman–Crippen MR) is 95.9 cm³/mol. The molecule has 0 saturated carbocycles. The van der Waals surface area contributed by atoms with Gasteiger partial charge in [0.15, 0.2) is 0 Å². The molecule has 4 rings (SSSR count). The number of nitrogens with zero attached hydrogens (tertiary/aromatic N) is 6. The highest BCUT2D eigenvalue weighted by atomic mass is 35.5. The van der Waals surface area contributed by atoms with Gasteiger partial charge in [0.1, 0.15) is 18.2 Å². The zero-order valence-corrected chi connectivity index (χ0v) is 15.2. The number of aliphatic carboxylic acids is 1. The molecule has 0 unspecified atom stereocenters. The van der Waals surface area contributed by atoms with Gasteiger partial charge in [-0.15, -0.1) is 5.10 Å². The van der Waals surface area contributed by atoms with E-state index in [0.717, 1.165) is 0 Å². The van der Waals surface area contributed by atoms with E-state index in [1.54, 1.807) is 18.2 Å². The minimum Gasteiger partial charge on any atom is -0.480 e. The lowest BCUT2D eigenvalue weighted by Crippen LogP contribution is -2.30. The second kappa shape index (κ2) is 6.27. The number of hydrogen-bond donors (Lipinski definition) is 1. The highest BCUT2D eigenvalue weighted by Gasteiger charge is 2.41. The lowest BCUT2D eigenvalue weighted by atomic mass is 9.93. The topological polar surface area (TPSA) is 116 Å². The van der Waals surface area contributed by atoms with Crippen molar-refractivity contribution in [2.45, 2.75) is 25.8 Å². The molecule has 3 heterocycles. The summed E-state index contributed by atoms with van der Waals surface area (Å²) in [6, 6.07) is 5.49. The summed E-state index contributed by atoms with van der Waals surface area (Å²) < 4.78 is 2.71. The molecule has 1 aromatic carbocycles. The van der Waals surface area contributed by atoms with E-state index in [-0.39, 0.29) is 11.8 Å². The molecule has 0 radical (unpaired) electrons. The van der Waals surface area contributed by atoms with Crippen LogP contribution in [0, 0.1) is 5.92 Å². The maximum Gasteiger partial charge on any atom is 0.327 e. The summed E-state index contributed by atoms with van der Waals surface area (Å²) in [5, 5.41) is 21.1. The number of rotatable bonds is 3. The molecule has 0 saturated heterocycles. The van der Waals surface area contributed by atoms with Gasteiger partial charge in [0, 0.05) is 22.6 Å². The van der Waals surface area contributed by atoms with Gasteiger partial charge in [0.25, 0.3) is 5.56 Å². The van der Waals surface area contributed by atoms with E-state index in [0.29, 0.717) is 27.8 Å². The first-order chi connectivity index (χ1) is 12.9. The van der Waals surface area contributed by atoms with Gasteiger partial charge in [-0.2, -0.15) is 4.68 Å². The number of benzene rings is 1. The van der Waals surface area contributed by atoms with Gasteiger partial charge >= 0.3 is 5.97 Å². The average Bonchev–Trinajstić information content (AvgIpc) is 3.23. The molecule has 1 aliphatic rings. The van der Waals surface area contributed by atoms with Crippen LogP contribution in [0.3, 0.4) is 0 Å². The van der Waals surface area contributed by atoms with Gasteiger partial charge in [-0.05, 0) is 34.5 Å². The number of aromatic nitrogens is 6. The van der Waals surface area contributed by atoms with Crippen LogP contribution < -0.4 is 5.56 Å². The quantitative estimate of drug-likeness (QED) is 0.730. The molecular formula is C17H15ClN6O3. The van der Waals surface area contributed by atoms with Crippen LogP contribution in [-0.2, 0) is 4.79 Å². The first kappa shape index (κ1) is 17.3. The van der Waals surface area contributed by atoms with E-state index in [9.17, 15) is 14.7 Å². The molecule has 2 aromatic heterocycles. The van der Waals surface area contributed by atoms with Crippen molar-refractivity contribution in [3.8, 4) is 16.9 Å². The second-order valence-corrected chi connectivity index (χ2v) is 6.99. The molecule has 27 heavy (non-hydrogen) atoms. The van der Waals surface area contributed by atoms with E-state index in [4.69, 9.17) is 11.6 Å². The summed E-state index contributed by atoms with van der Waals surface area (Å²) >= 11 is 6.15. The van der Waals surface area contributed by atoms with Gasteiger partial charge in [0.2, 0.25) is 0 Å². The Hall–Kier alpha value is -3.07. The molecule has 1 aliphatic heterocycles. The molecule has 3 aromatic rings. The molecule has 9 nitrogen and oxygen atoms in total. The third-order valence-electron chi connectivity index (χ3n) is 5.04. The summed E-state index contributed by atoms with van der Waals surface area (Å²) in [6.45, 7) is 3.68. The van der Waals surface area contributed by atoms with Crippen LogP contribution >= 0.6 is 11.6 Å². The van der Waals surface area contributed by atoms with Crippen molar-refractivity contribution in [1.29, 1.82) is 0 Å². The Morgan fingerprint density at radius 3 is 2.70 bits per heavy atom. The number of carboxylic acids is 1. The monoisotopic (exact) mass is 386 g/mol. The van der Waals surface area contributed by atoms with Crippen LogP contribution in [0.15, 0.2) is 35.4 Å². The minimum atomic E-state index is -1.04. The number of hydrogen-bond acceptors (Lipinski definition) is 6. The Morgan fingerprint density at radius 1 is 1.26 bits per heavy atom. The molecule has 138 valence electrons. The van der Waals surface area contributed by atoms with Crippen LogP contribution in [0.4, 0.5) is 0 Å². The van der Waals surface area contributed by atoms with Crippen molar-refractivity contribution >= 4 is 17.6 Å². The second-order valence-electron chi connectivity index (χ2n) is 6.55. The fourth-order valence-corrected chi connectivity index (χ4v) is 3.68. The molecule has 0 spiro atoms. The molecule has 0 aliphatic carbocycles. The van der Waals surface area contributed by atoms with E-state index in [1.165, 1.54) is 21.6 Å². The number of halogens is 1. The Balaban J connectivity index is 1.94. The molecule has 1 N–H and O–H groups in total. The van der Waals surface area contributed by atoms with Gasteiger partial charge < -0.3 is 5.11 Å². The zero-order valence-electron chi connectivity index (χ0n) is 14.4. The summed E-state index contributed by atoms with van der Waals surface area (Å²) in [6.07, 6.45) is 1.43. The maximum atomic E-state index is 12.8. The standard InChI is InChI=1S/C17H15ClN6O3/c1-8-9(2)16-20-12(6-14(25)24(16)15(8)17(26)27)11-5-10(18)3-4-13(11)23-7-19-21-22-23/h3-9,15H,1-2H3,(H,26,27)/t8-,9+,15-/m0/s1. The van der Waals surface area contributed by atoms with E-state index in [1.807, 2.05) is 13.8 Å². The van der Waals surface area contributed by atoms with Crippen LogP contribution in [0.5, 0.6) is 0 Å². The zero-order chi connectivity index (χ0) is 19.3. The maximum absolute atomic E-state index is 12.8. The van der Waals surface area contributed by atoms with Gasteiger partial charge in [-0.3, -0.25) is 9.36 Å². The van der Waals surface area contributed by atoms with Crippen LogP contribution in [0.1, 0.15) is 31.6 Å². The van der Waals surface area contributed by atoms with Gasteiger partial charge in [-0.25, -0.2) is 9.78 Å². The summed E-state index contributed by atoms with van der Waals surface area (Å²) in [5.41, 5.74) is 1.16. The predicted octanol–water partition coefficient (Wildman–Crippen LogP) is 1.92. The fourth-order valence-electron chi connectivity index (χ4n) is 3.51. The Bertz CT molecular complexity index is 1090. The van der Waals surface area contributed by atoms with Crippen LogP contribution in [0.2, 0.25) is 5.02 Å². The van der Waals surface area contributed by atoms with Crippen LogP contribution in [-0.4, -0.2) is 40.8 Å². The van der Waals surface area contributed by atoms with Crippen molar-refractivity contribution in [3.05, 3.63) is 51.8 Å².